The first-order chi connectivity index (χ1) is 9.84. The van der Waals surface area contributed by atoms with Crippen LogP contribution in [-0.2, 0) is 11.3 Å². The summed E-state index contributed by atoms with van der Waals surface area (Å²) in [4.78, 5) is 12.0. The van der Waals surface area contributed by atoms with Gasteiger partial charge in [0.2, 0.25) is 5.91 Å². The zero-order valence-electron chi connectivity index (χ0n) is 11.5. The molecule has 0 aliphatic carbocycles. The molecule has 3 rings (SSSR count). The number of amides is 1. The number of hydrogen-bond donors (Lipinski definition) is 2. The Morgan fingerprint density at radius 3 is 2.90 bits per heavy atom. The van der Waals surface area contributed by atoms with E-state index >= 15 is 0 Å². The molecule has 1 aliphatic rings. The summed E-state index contributed by atoms with van der Waals surface area (Å²) in [6.45, 7) is 2.07. The number of nitrogens with zero attached hydrogens (tertiary/aromatic N) is 3. The number of carbonyl (C=O) groups is 1. The van der Waals surface area contributed by atoms with Crippen molar-refractivity contribution >= 4 is 18.3 Å². The molecule has 1 aromatic carbocycles. The van der Waals surface area contributed by atoms with Gasteiger partial charge in [0.25, 0.3) is 0 Å². The standard InChI is InChI=1S/C14H17N5O.ClH/c20-14(11-6-7-15-8-11)16-9-13-18-17-10-19(13)12-4-2-1-3-5-12;/h1-5,10-11,15H,6-9H2,(H,16,20);1H. The summed E-state index contributed by atoms with van der Waals surface area (Å²) >= 11 is 0. The largest absolute Gasteiger partial charge is 0.349 e. The fourth-order valence-electron chi connectivity index (χ4n) is 2.37. The van der Waals surface area contributed by atoms with E-state index in [1.54, 1.807) is 6.33 Å². The molecule has 6 nitrogen and oxygen atoms in total. The Balaban J connectivity index is 0.00000161. The van der Waals surface area contributed by atoms with Crippen LogP contribution in [0.2, 0.25) is 0 Å². The molecule has 1 aromatic heterocycles. The molecular weight excluding hydrogens is 290 g/mol. The number of aromatic nitrogens is 3. The Morgan fingerprint density at radius 2 is 2.19 bits per heavy atom. The number of hydrogen-bond acceptors (Lipinski definition) is 4. The summed E-state index contributed by atoms with van der Waals surface area (Å²) in [7, 11) is 0. The van der Waals surface area contributed by atoms with E-state index in [0.29, 0.717) is 6.54 Å². The maximum atomic E-state index is 12.0. The number of benzene rings is 1. The lowest BCUT2D eigenvalue weighted by molar-refractivity contribution is -0.124. The summed E-state index contributed by atoms with van der Waals surface area (Å²) in [5, 5.41) is 14.1. The van der Waals surface area contributed by atoms with Gasteiger partial charge in [-0.05, 0) is 25.1 Å². The van der Waals surface area contributed by atoms with Crippen LogP contribution in [0.1, 0.15) is 12.2 Å². The second-order valence-corrected chi connectivity index (χ2v) is 4.86. The van der Waals surface area contributed by atoms with Gasteiger partial charge in [0.1, 0.15) is 6.33 Å². The molecule has 0 saturated carbocycles. The van der Waals surface area contributed by atoms with E-state index in [9.17, 15) is 4.79 Å². The highest BCUT2D eigenvalue weighted by Gasteiger charge is 2.22. The molecule has 21 heavy (non-hydrogen) atoms. The first kappa shape index (κ1) is 15.5. The van der Waals surface area contributed by atoms with Crippen molar-refractivity contribution in [1.82, 2.24) is 25.4 Å². The Kier molecular flexibility index (Phi) is 5.30. The van der Waals surface area contributed by atoms with Gasteiger partial charge in [-0.25, -0.2) is 0 Å². The van der Waals surface area contributed by atoms with Crippen LogP contribution < -0.4 is 10.6 Å². The minimum atomic E-state index is 0. The molecular formula is C14H18ClN5O. The van der Waals surface area contributed by atoms with Gasteiger partial charge in [-0.3, -0.25) is 9.36 Å². The number of halogens is 1. The average molecular weight is 308 g/mol. The monoisotopic (exact) mass is 307 g/mol. The molecule has 2 N–H and O–H groups in total. The van der Waals surface area contributed by atoms with Gasteiger partial charge in [0.05, 0.1) is 12.5 Å². The first-order valence-corrected chi connectivity index (χ1v) is 6.77. The van der Waals surface area contributed by atoms with Gasteiger partial charge in [-0.15, -0.1) is 22.6 Å². The molecule has 1 unspecified atom stereocenters. The van der Waals surface area contributed by atoms with Gasteiger partial charge in [0.15, 0.2) is 5.82 Å². The Hall–Kier alpha value is -1.92. The number of carbonyl (C=O) groups excluding carboxylic acids is 1. The summed E-state index contributed by atoms with van der Waals surface area (Å²) in [5.41, 5.74) is 0.990. The van der Waals surface area contributed by atoms with E-state index in [1.165, 1.54) is 0 Å². The minimum Gasteiger partial charge on any atom is -0.349 e. The van der Waals surface area contributed by atoms with Crippen molar-refractivity contribution in [2.75, 3.05) is 13.1 Å². The lowest BCUT2D eigenvalue weighted by atomic mass is 10.1. The minimum absolute atomic E-state index is 0. The van der Waals surface area contributed by atoms with Crippen LogP contribution in [0.5, 0.6) is 0 Å². The molecule has 1 atom stereocenters. The van der Waals surface area contributed by atoms with Crippen molar-refractivity contribution in [1.29, 1.82) is 0 Å². The molecule has 7 heteroatoms. The quantitative estimate of drug-likeness (QED) is 0.881. The highest BCUT2D eigenvalue weighted by Crippen LogP contribution is 2.10. The SMILES string of the molecule is Cl.O=C(NCc1nncn1-c1ccccc1)C1CCNC1. The van der Waals surface area contributed by atoms with Crippen LogP contribution >= 0.6 is 12.4 Å². The predicted octanol–water partition coefficient (Wildman–Crippen LogP) is 0.915. The lowest BCUT2D eigenvalue weighted by Gasteiger charge is -2.10. The van der Waals surface area contributed by atoms with E-state index in [4.69, 9.17) is 0 Å². The average Bonchev–Trinajstić information content (AvgIpc) is 3.17. The van der Waals surface area contributed by atoms with Gasteiger partial charge in [0, 0.05) is 12.2 Å². The zero-order chi connectivity index (χ0) is 13.8. The van der Waals surface area contributed by atoms with Gasteiger partial charge < -0.3 is 10.6 Å². The molecule has 1 amide bonds. The number of para-hydroxylation sites is 1. The summed E-state index contributed by atoms with van der Waals surface area (Å²) in [6.07, 6.45) is 2.56. The predicted molar refractivity (Wildman–Crippen MR) is 81.4 cm³/mol. The smallest absolute Gasteiger partial charge is 0.224 e. The van der Waals surface area contributed by atoms with Crippen molar-refractivity contribution in [2.45, 2.75) is 13.0 Å². The fraction of sp³-hybridized carbons (Fsp3) is 0.357. The Bertz CT molecular complexity index is 580. The highest BCUT2D eigenvalue weighted by atomic mass is 35.5. The molecule has 0 radical (unpaired) electrons. The number of nitrogens with one attached hydrogen (secondary N) is 2. The summed E-state index contributed by atoms with van der Waals surface area (Å²) < 4.78 is 1.88. The second-order valence-electron chi connectivity index (χ2n) is 4.86. The van der Waals surface area contributed by atoms with Crippen LogP contribution in [0.15, 0.2) is 36.7 Å². The Labute approximate surface area is 129 Å². The van der Waals surface area contributed by atoms with Crippen LogP contribution in [0.3, 0.4) is 0 Å². The summed E-state index contributed by atoms with van der Waals surface area (Å²) in [6, 6.07) is 9.84. The van der Waals surface area contributed by atoms with Crippen molar-refractivity contribution < 1.29 is 4.79 Å². The molecule has 1 fully saturated rings. The molecule has 1 saturated heterocycles. The molecule has 0 bridgehead atoms. The third kappa shape index (κ3) is 3.59. The highest BCUT2D eigenvalue weighted by molar-refractivity contribution is 5.85. The van der Waals surface area contributed by atoms with Crippen molar-refractivity contribution in [3.63, 3.8) is 0 Å². The third-order valence-corrected chi connectivity index (χ3v) is 3.50. The van der Waals surface area contributed by atoms with E-state index in [0.717, 1.165) is 31.0 Å². The van der Waals surface area contributed by atoms with Crippen LogP contribution in [0.4, 0.5) is 0 Å². The van der Waals surface area contributed by atoms with Crippen LogP contribution in [0, 0.1) is 5.92 Å². The topological polar surface area (TPSA) is 71.8 Å². The maximum Gasteiger partial charge on any atom is 0.224 e. The van der Waals surface area contributed by atoms with Crippen molar-refractivity contribution in [2.24, 2.45) is 5.92 Å². The van der Waals surface area contributed by atoms with E-state index in [-0.39, 0.29) is 24.2 Å². The van der Waals surface area contributed by atoms with E-state index in [1.807, 2.05) is 34.9 Å². The normalized spacial score (nSPS) is 17.2. The molecule has 2 heterocycles. The Morgan fingerprint density at radius 1 is 1.38 bits per heavy atom. The maximum absolute atomic E-state index is 12.0. The number of rotatable bonds is 4. The zero-order valence-corrected chi connectivity index (χ0v) is 12.3. The first-order valence-electron chi connectivity index (χ1n) is 6.77. The second kappa shape index (κ2) is 7.19. The molecule has 2 aromatic rings. The van der Waals surface area contributed by atoms with Gasteiger partial charge >= 0.3 is 0 Å². The molecule has 1 aliphatic heterocycles. The third-order valence-electron chi connectivity index (χ3n) is 3.50. The molecule has 0 spiro atoms. The molecule has 112 valence electrons. The summed E-state index contributed by atoms with van der Waals surface area (Å²) in [5.74, 6) is 0.885. The van der Waals surface area contributed by atoms with Crippen molar-refractivity contribution in [3.05, 3.63) is 42.5 Å². The fourth-order valence-corrected chi connectivity index (χ4v) is 2.37. The van der Waals surface area contributed by atoms with Crippen molar-refractivity contribution in [3.8, 4) is 5.69 Å². The van der Waals surface area contributed by atoms with Crippen LogP contribution in [0.25, 0.3) is 5.69 Å². The van der Waals surface area contributed by atoms with Crippen LogP contribution in [-0.4, -0.2) is 33.8 Å². The van der Waals surface area contributed by atoms with Gasteiger partial charge in [-0.2, -0.15) is 0 Å². The lowest BCUT2D eigenvalue weighted by Crippen LogP contribution is -2.32. The van der Waals surface area contributed by atoms with E-state index in [2.05, 4.69) is 20.8 Å². The van der Waals surface area contributed by atoms with E-state index < -0.39 is 0 Å². The van der Waals surface area contributed by atoms with Gasteiger partial charge in [-0.1, -0.05) is 18.2 Å².